The smallest absolute Gasteiger partial charge is 0.143 e. The SMILES string of the molecule is Fc1ccc(CC2CCNCC2)c(F)c1Br. The molecule has 4 heteroatoms. The number of nitrogens with one attached hydrogen (secondary N) is 1. The Morgan fingerprint density at radius 2 is 1.94 bits per heavy atom. The highest BCUT2D eigenvalue weighted by Crippen LogP contribution is 2.26. The standard InChI is InChI=1S/C12H14BrF2N/c13-11-10(14)2-1-9(12(11)15)7-8-3-5-16-6-4-8/h1-2,8,16H,3-7H2. The molecular formula is C12H14BrF2N. The van der Waals surface area contributed by atoms with Crippen LogP contribution in [0, 0.1) is 17.6 Å². The van der Waals surface area contributed by atoms with Gasteiger partial charge in [-0.1, -0.05) is 6.07 Å². The molecule has 1 N–H and O–H groups in total. The van der Waals surface area contributed by atoms with Crippen LogP contribution < -0.4 is 5.32 Å². The topological polar surface area (TPSA) is 12.0 Å². The molecule has 1 heterocycles. The van der Waals surface area contributed by atoms with Gasteiger partial charge in [0.1, 0.15) is 11.6 Å². The maximum atomic E-state index is 13.7. The van der Waals surface area contributed by atoms with Crippen molar-refractivity contribution in [1.29, 1.82) is 0 Å². The van der Waals surface area contributed by atoms with Crippen LogP contribution >= 0.6 is 15.9 Å². The van der Waals surface area contributed by atoms with Crippen LogP contribution in [0.3, 0.4) is 0 Å². The first kappa shape index (κ1) is 12.0. The van der Waals surface area contributed by atoms with Gasteiger partial charge < -0.3 is 5.32 Å². The summed E-state index contributed by atoms with van der Waals surface area (Å²) in [5.41, 5.74) is 0.611. The van der Waals surface area contributed by atoms with Crippen molar-refractivity contribution in [1.82, 2.24) is 5.32 Å². The van der Waals surface area contributed by atoms with Crippen LogP contribution in [0.25, 0.3) is 0 Å². The van der Waals surface area contributed by atoms with Crippen LogP contribution in [-0.2, 0) is 6.42 Å². The van der Waals surface area contributed by atoms with Gasteiger partial charge in [-0.15, -0.1) is 0 Å². The van der Waals surface area contributed by atoms with Gasteiger partial charge in [-0.2, -0.15) is 0 Å². The monoisotopic (exact) mass is 289 g/mol. The van der Waals surface area contributed by atoms with Gasteiger partial charge in [0.15, 0.2) is 0 Å². The van der Waals surface area contributed by atoms with Crippen LogP contribution in [0.4, 0.5) is 8.78 Å². The summed E-state index contributed by atoms with van der Waals surface area (Å²) in [5.74, 6) is -0.474. The molecule has 1 aliphatic rings. The van der Waals surface area contributed by atoms with E-state index in [0.29, 0.717) is 17.9 Å². The normalized spacial score (nSPS) is 17.7. The second-order valence-corrected chi connectivity index (χ2v) is 5.02. The van der Waals surface area contributed by atoms with Crippen molar-refractivity contribution in [2.24, 2.45) is 5.92 Å². The van der Waals surface area contributed by atoms with E-state index in [0.717, 1.165) is 25.9 Å². The Balaban J connectivity index is 2.11. The van der Waals surface area contributed by atoms with E-state index in [9.17, 15) is 8.78 Å². The second kappa shape index (κ2) is 5.23. The van der Waals surface area contributed by atoms with Gasteiger partial charge in [0.05, 0.1) is 4.47 Å². The number of hydrogen-bond acceptors (Lipinski definition) is 1. The van der Waals surface area contributed by atoms with Gasteiger partial charge in [-0.3, -0.25) is 0 Å². The third-order valence-electron chi connectivity index (χ3n) is 3.08. The van der Waals surface area contributed by atoms with Gasteiger partial charge in [0.2, 0.25) is 0 Å². The molecule has 16 heavy (non-hydrogen) atoms. The molecule has 1 saturated heterocycles. The number of rotatable bonds is 2. The zero-order valence-corrected chi connectivity index (χ0v) is 10.5. The lowest BCUT2D eigenvalue weighted by Crippen LogP contribution is -2.28. The van der Waals surface area contributed by atoms with Crippen molar-refractivity contribution < 1.29 is 8.78 Å². The quantitative estimate of drug-likeness (QED) is 0.824. The van der Waals surface area contributed by atoms with Gasteiger partial charge in [0.25, 0.3) is 0 Å². The minimum Gasteiger partial charge on any atom is -0.317 e. The Bertz CT molecular complexity index is 376. The van der Waals surface area contributed by atoms with Gasteiger partial charge in [-0.05, 0) is 65.8 Å². The molecule has 0 saturated carbocycles. The van der Waals surface area contributed by atoms with Crippen molar-refractivity contribution in [3.05, 3.63) is 33.8 Å². The number of piperidine rings is 1. The molecule has 0 atom stereocenters. The molecule has 0 unspecified atom stereocenters. The minimum absolute atomic E-state index is 0.0427. The number of benzene rings is 1. The number of hydrogen-bond donors (Lipinski definition) is 1. The summed E-state index contributed by atoms with van der Waals surface area (Å²) in [7, 11) is 0. The van der Waals surface area contributed by atoms with Crippen LogP contribution in [0.15, 0.2) is 16.6 Å². The molecule has 0 amide bonds. The molecule has 88 valence electrons. The Labute approximate surface area is 102 Å². The maximum absolute atomic E-state index is 13.7. The fourth-order valence-corrected chi connectivity index (χ4v) is 2.51. The Kier molecular flexibility index (Phi) is 3.92. The maximum Gasteiger partial charge on any atom is 0.143 e. The summed E-state index contributed by atoms with van der Waals surface area (Å²) < 4.78 is 26.7. The van der Waals surface area contributed by atoms with Crippen molar-refractivity contribution in [2.75, 3.05) is 13.1 Å². The van der Waals surface area contributed by atoms with Crippen molar-refractivity contribution in [3.63, 3.8) is 0 Å². The predicted molar refractivity (Wildman–Crippen MR) is 63.4 cm³/mol. The fraction of sp³-hybridized carbons (Fsp3) is 0.500. The Hall–Kier alpha value is -0.480. The number of halogens is 3. The lowest BCUT2D eigenvalue weighted by molar-refractivity contribution is 0.368. The fourth-order valence-electron chi connectivity index (χ4n) is 2.12. The average Bonchev–Trinajstić information content (AvgIpc) is 2.31. The minimum atomic E-state index is -0.536. The molecule has 0 aromatic heterocycles. The third-order valence-corrected chi connectivity index (χ3v) is 3.81. The van der Waals surface area contributed by atoms with E-state index in [1.54, 1.807) is 6.07 Å². The first-order chi connectivity index (χ1) is 7.68. The zero-order valence-electron chi connectivity index (χ0n) is 8.90. The van der Waals surface area contributed by atoms with E-state index in [2.05, 4.69) is 21.2 Å². The van der Waals surface area contributed by atoms with E-state index in [-0.39, 0.29) is 4.47 Å². The molecule has 0 spiro atoms. The Morgan fingerprint density at radius 1 is 1.25 bits per heavy atom. The van der Waals surface area contributed by atoms with Gasteiger partial charge >= 0.3 is 0 Å². The van der Waals surface area contributed by atoms with E-state index >= 15 is 0 Å². The third kappa shape index (κ3) is 2.61. The van der Waals surface area contributed by atoms with Crippen LogP contribution in [0.2, 0.25) is 0 Å². The highest BCUT2D eigenvalue weighted by molar-refractivity contribution is 9.10. The molecule has 1 aromatic carbocycles. The van der Waals surface area contributed by atoms with E-state index < -0.39 is 11.6 Å². The molecular weight excluding hydrogens is 276 g/mol. The van der Waals surface area contributed by atoms with Crippen molar-refractivity contribution in [2.45, 2.75) is 19.3 Å². The summed E-state index contributed by atoms with van der Waals surface area (Å²) in [6.07, 6.45) is 2.83. The molecule has 0 aliphatic carbocycles. The van der Waals surface area contributed by atoms with Gasteiger partial charge in [0, 0.05) is 0 Å². The van der Waals surface area contributed by atoms with Crippen LogP contribution in [-0.4, -0.2) is 13.1 Å². The molecule has 0 bridgehead atoms. The van der Waals surface area contributed by atoms with E-state index in [1.807, 2.05) is 0 Å². The molecule has 2 rings (SSSR count). The van der Waals surface area contributed by atoms with E-state index in [1.165, 1.54) is 6.07 Å². The molecule has 1 fully saturated rings. The summed E-state index contributed by atoms with van der Waals surface area (Å²) in [5, 5.41) is 3.27. The average molecular weight is 290 g/mol. The summed E-state index contributed by atoms with van der Waals surface area (Å²) in [6, 6.07) is 2.88. The van der Waals surface area contributed by atoms with Gasteiger partial charge in [-0.25, -0.2) is 8.78 Å². The lowest BCUT2D eigenvalue weighted by Gasteiger charge is -2.22. The summed E-state index contributed by atoms with van der Waals surface area (Å²) in [6.45, 7) is 1.99. The van der Waals surface area contributed by atoms with Crippen LogP contribution in [0.5, 0.6) is 0 Å². The summed E-state index contributed by atoms with van der Waals surface area (Å²) >= 11 is 2.93. The molecule has 1 aromatic rings. The first-order valence-electron chi connectivity index (χ1n) is 5.51. The highest BCUT2D eigenvalue weighted by atomic mass is 79.9. The lowest BCUT2D eigenvalue weighted by atomic mass is 9.91. The largest absolute Gasteiger partial charge is 0.317 e. The highest BCUT2D eigenvalue weighted by Gasteiger charge is 2.17. The van der Waals surface area contributed by atoms with E-state index in [4.69, 9.17) is 0 Å². The zero-order chi connectivity index (χ0) is 11.5. The van der Waals surface area contributed by atoms with Crippen molar-refractivity contribution >= 4 is 15.9 Å². The predicted octanol–water partition coefficient (Wildman–Crippen LogP) is 3.27. The molecule has 0 radical (unpaired) electrons. The van der Waals surface area contributed by atoms with Crippen molar-refractivity contribution in [3.8, 4) is 0 Å². The second-order valence-electron chi connectivity index (χ2n) is 4.23. The van der Waals surface area contributed by atoms with Crippen LogP contribution in [0.1, 0.15) is 18.4 Å². The molecule has 1 aliphatic heterocycles. The first-order valence-corrected chi connectivity index (χ1v) is 6.31. The Morgan fingerprint density at radius 3 is 2.62 bits per heavy atom. The summed E-state index contributed by atoms with van der Waals surface area (Å²) in [4.78, 5) is 0. The molecule has 1 nitrogen and oxygen atoms in total.